The topological polar surface area (TPSA) is 35.8 Å². The largest absolute Gasteiger partial charge is 0.382 e. The Kier molecular flexibility index (Phi) is 5.27. The van der Waals surface area contributed by atoms with Crippen molar-refractivity contribution < 1.29 is 0 Å². The van der Waals surface area contributed by atoms with Gasteiger partial charge < -0.3 is 5.32 Å². The first-order valence-electron chi connectivity index (χ1n) is 7.58. The van der Waals surface area contributed by atoms with Gasteiger partial charge >= 0.3 is 0 Å². The summed E-state index contributed by atoms with van der Waals surface area (Å²) in [7, 11) is 0. The fourth-order valence-corrected chi connectivity index (χ4v) is 3.13. The molecule has 1 aliphatic rings. The van der Waals surface area contributed by atoms with Crippen LogP contribution in [0.2, 0.25) is 0 Å². The van der Waals surface area contributed by atoms with E-state index in [-0.39, 0.29) is 0 Å². The second-order valence-electron chi connectivity index (χ2n) is 5.70. The molecule has 2 atom stereocenters. The standard InChI is InChI=1S/C17H24N2/c1-2-5-14-6-3-8-16(11-10-14)19-17-9-4-7-15(12-17)13-18/h4,7,9,12,14,16,19H,2-3,5-6,8,10-11H2,1H3. The number of nitriles is 1. The average Bonchev–Trinajstić information content (AvgIpc) is 2.65. The van der Waals surface area contributed by atoms with Crippen LogP contribution in [0.15, 0.2) is 24.3 Å². The highest BCUT2D eigenvalue weighted by atomic mass is 14.9. The van der Waals surface area contributed by atoms with E-state index in [4.69, 9.17) is 5.26 Å². The summed E-state index contributed by atoms with van der Waals surface area (Å²) >= 11 is 0. The number of rotatable bonds is 4. The zero-order valence-electron chi connectivity index (χ0n) is 11.9. The first-order chi connectivity index (χ1) is 9.31. The summed E-state index contributed by atoms with van der Waals surface area (Å²) in [4.78, 5) is 0. The summed E-state index contributed by atoms with van der Waals surface area (Å²) in [6, 6.07) is 10.6. The first kappa shape index (κ1) is 13.9. The van der Waals surface area contributed by atoms with Crippen molar-refractivity contribution >= 4 is 5.69 Å². The van der Waals surface area contributed by atoms with Gasteiger partial charge in [0.1, 0.15) is 0 Å². The lowest BCUT2D eigenvalue weighted by Gasteiger charge is -2.18. The fraction of sp³-hybridized carbons (Fsp3) is 0.588. The molecule has 1 aromatic carbocycles. The molecule has 2 rings (SSSR count). The van der Waals surface area contributed by atoms with E-state index in [1.807, 2.05) is 18.2 Å². The molecule has 0 aromatic heterocycles. The van der Waals surface area contributed by atoms with Crippen molar-refractivity contribution in [1.29, 1.82) is 5.26 Å². The van der Waals surface area contributed by atoms with E-state index >= 15 is 0 Å². The molecular weight excluding hydrogens is 232 g/mol. The first-order valence-corrected chi connectivity index (χ1v) is 7.58. The molecule has 1 fully saturated rings. The van der Waals surface area contributed by atoms with Gasteiger partial charge in [0.2, 0.25) is 0 Å². The van der Waals surface area contributed by atoms with Gasteiger partial charge in [0.05, 0.1) is 11.6 Å². The van der Waals surface area contributed by atoms with Crippen molar-refractivity contribution in [3.05, 3.63) is 29.8 Å². The van der Waals surface area contributed by atoms with Crippen molar-refractivity contribution in [3.8, 4) is 6.07 Å². The molecular formula is C17H24N2. The molecule has 0 bridgehead atoms. The Bertz CT molecular complexity index is 433. The SMILES string of the molecule is CCCC1CCCC(Nc2cccc(C#N)c2)CC1. The highest BCUT2D eigenvalue weighted by Gasteiger charge is 2.18. The van der Waals surface area contributed by atoms with Gasteiger partial charge in [-0.15, -0.1) is 0 Å². The number of hydrogen-bond acceptors (Lipinski definition) is 2. The predicted molar refractivity (Wildman–Crippen MR) is 80.1 cm³/mol. The van der Waals surface area contributed by atoms with Crippen LogP contribution < -0.4 is 5.32 Å². The van der Waals surface area contributed by atoms with Gasteiger partial charge in [-0.1, -0.05) is 38.7 Å². The Morgan fingerprint density at radius 1 is 1.26 bits per heavy atom. The van der Waals surface area contributed by atoms with Crippen LogP contribution in [0.1, 0.15) is 57.4 Å². The molecule has 1 saturated carbocycles. The molecule has 0 aliphatic heterocycles. The zero-order chi connectivity index (χ0) is 13.5. The van der Waals surface area contributed by atoms with Gasteiger partial charge in [-0.25, -0.2) is 0 Å². The van der Waals surface area contributed by atoms with Gasteiger partial charge in [-0.2, -0.15) is 5.26 Å². The molecule has 0 spiro atoms. The van der Waals surface area contributed by atoms with Gasteiger partial charge in [0.25, 0.3) is 0 Å². The summed E-state index contributed by atoms with van der Waals surface area (Å²) in [5, 5.41) is 12.5. The summed E-state index contributed by atoms with van der Waals surface area (Å²) in [6.07, 6.45) is 9.30. The number of benzene rings is 1. The molecule has 1 aliphatic carbocycles. The number of hydrogen-bond donors (Lipinski definition) is 1. The lowest BCUT2D eigenvalue weighted by Crippen LogP contribution is -2.18. The van der Waals surface area contributed by atoms with Crippen LogP contribution in [0.3, 0.4) is 0 Å². The third-order valence-electron chi connectivity index (χ3n) is 4.15. The lowest BCUT2D eigenvalue weighted by molar-refractivity contribution is 0.422. The highest BCUT2D eigenvalue weighted by molar-refractivity contribution is 5.49. The Hall–Kier alpha value is -1.49. The number of nitrogens with zero attached hydrogens (tertiary/aromatic N) is 1. The molecule has 0 radical (unpaired) electrons. The lowest BCUT2D eigenvalue weighted by atomic mass is 9.95. The van der Waals surface area contributed by atoms with Crippen LogP contribution in [-0.4, -0.2) is 6.04 Å². The second kappa shape index (κ2) is 7.19. The normalized spacial score (nSPS) is 23.4. The molecule has 2 nitrogen and oxygen atoms in total. The van der Waals surface area contributed by atoms with Crippen LogP contribution in [-0.2, 0) is 0 Å². The Morgan fingerprint density at radius 3 is 2.95 bits per heavy atom. The Labute approximate surface area is 116 Å². The van der Waals surface area contributed by atoms with E-state index in [9.17, 15) is 0 Å². The van der Waals surface area contributed by atoms with Crippen molar-refractivity contribution in [2.75, 3.05) is 5.32 Å². The van der Waals surface area contributed by atoms with Crippen molar-refractivity contribution in [1.82, 2.24) is 0 Å². The van der Waals surface area contributed by atoms with Gasteiger partial charge in [-0.05, 0) is 43.4 Å². The maximum absolute atomic E-state index is 8.93. The second-order valence-corrected chi connectivity index (χ2v) is 5.70. The van der Waals surface area contributed by atoms with E-state index in [1.54, 1.807) is 0 Å². The van der Waals surface area contributed by atoms with Crippen LogP contribution >= 0.6 is 0 Å². The fourth-order valence-electron chi connectivity index (χ4n) is 3.13. The summed E-state index contributed by atoms with van der Waals surface area (Å²) in [6.45, 7) is 2.29. The number of nitrogens with one attached hydrogen (secondary N) is 1. The molecule has 2 unspecified atom stereocenters. The highest BCUT2D eigenvalue weighted by Crippen LogP contribution is 2.28. The van der Waals surface area contributed by atoms with Crippen molar-refractivity contribution in [2.24, 2.45) is 5.92 Å². The average molecular weight is 256 g/mol. The van der Waals surface area contributed by atoms with E-state index in [0.29, 0.717) is 6.04 Å². The Balaban J connectivity index is 1.90. The van der Waals surface area contributed by atoms with Crippen LogP contribution in [0.5, 0.6) is 0 Å². The predicted octanol–water partition coefficient (Wildman–Crippen LogP) is 4.72. The smallest absolute Gasteiger partial charge is 0.0992 e. The van der Waals surface area contributed by atoms with Gasteiger partial charge in [0.15, 0.2) is 0 Å². The van der Waals surface area contributed by atoms with E-state index in [0.717, 1.165) is 17.2 Å². The zero-order valence-corrected chi connectivity index (χ0v) is 11.9. The molecule has 2 heteroatoms. The maximum Gasteiger partial charge on any atom is 0.0992 e. The third-order valence-corrected chi connectivity index (χ3v) is 4.15. The molecule has 1 N–H and O–H groups in total. The Morgan fingerprint density at radius 2 is 2.16 bits per heavy atom. The minimum atomic E-state index is 0.579. The van der Waals surface area contributed by atoms with Crippen LogP contribution in [0.4, 0.5) is 5.69 Å². The van der Waals surface area contributed by atoms with Crippen molar-refractivity contribution in [2.45, 2.75) is 57.9 Å². The quantitative estimate of drug-likeness (QED) is 0.791. The van der Waals surface area contributed by atoms with Gasteiger partial charge in [0, 0.05) is 11.7 Å². The summed E-state index contributed by atoms with van der Waals surface area (Å²) < 4.78 is 0. The van der Waals surface area contributed by atoms with E-state index in [1.165, 1.54) is 44.9 Å². The molecule has 1 aromatic rings. The minimum absolute atomic E-state index is 0.579. The monoisotopic (exact) mass is 256 g/mol. The molecule has 0 amide bonds. The van der Waals surface area contributed by atoms with Gasteiger partial charge in [-0.3, -0.25) is 0 Å². The van der Waals surface area contributed by atoms with E-state index < -0.39 is 0 Å². The minimum Gasteiger partial charge on any atom is -0.382 e. The van der Waals surface area contributed by atoms with Crippen molar-refractivity contribution in [3.63, 3.8) is 0 Å². The van der Waals surface area contributed by atoms with E-state index in [2.05, 4.69) is 24.4 Å². The summed E-state index contributed by atoms with van der Waals surface area (Å²) in [5.41, 5.74) is 1.83. The third kappa shape index (κ3) is 4.28. The summed E-state index contributed by atoms with van der Waals surface area (Å²) in [5.74, 6) is 0.933. The molecule has 0 saturated heterocycles. The maximum atomic E-state index is 8.93. The molecule has 0 heterocycles. The van der Waals surface area contributed by atoms with Crippen LogP contribution in [0.25, 0.3) is 0 Å². The number of anilines is 1. The molecule has 19 heavy (non-hydrogen) atoms. The van der Waals surface area contributed by atoms with Crippen LogP contribution in [0, 0.1) is 17.2 Å². The molecule has 102 valence electrons.